The van der Waals surface area contributed by atoms with Gasteiger partial charge in [0.05, 0.1) is 13.0 Å². The minimum atomic E-state index is -0.527. The monoisotopic (exact) mass is 306 g/mol. The van der Waals surface area contributed by atoms with Crippen molar-refractivity contribution < 1.29 is 19.1 Å². The van der Waals surface area contributed by atoms with Crippen molar-refractivity contribution in [1.29, 1.82) is 0 Å². The van der Waals surface area contributed by atoms with Crippen molar-refractivity contribution in [2.24, 2.45) is 0 Å². The number of nitrogens with one attached hydrogen (secondary N) is 2. The Labute approximate surface area is 130 Å². The summed E-state index contributed by atoms with van der Waals surface area (Å²) in [6.07, 6.45) is 1.24. The van der Waals surface area contributed by atoms with Crippen molar-refractivity contribution in [3.05, 3.63) is 42.5 Å². The van der Waals surface area contributed by atoms with Gasteiger partial charge in [-0.25, -0.2) is 4.79 Å². The van der Waals surface area contributed by atoms with Gasteiger partial charge in [-0.15, -0.1) is 0 Å². The second-order valence-electron chi connectivity index (χ2n) is 4.42. The highest BCUT2D eigenvalue weighted by Crippen LogP contribution is 2.12. The molecule has 2 amide bonds. The maximum absolute atomic E-state index is 11.7. The molecule has 0 aliphatic heterocycles. The molecule has 0 heterocycles. The summed E-state index contributed by atoms with van der Waals surface area (Å²) in [5.41, 5.74) is 0.902. The molecule has 0 saturated carbocycles. The van der Waals surface area contributed by atoms with E-state index in [4.69, 9.17) is 9.47 Å². The van der Waals surface area contributed by atoms with Crippen LogP contribution in [0.4, 0.5) is 4.79 Å². The number of alkyl carbamates (subject to hydrolysis) is 1. The predicted octanol–water partition coefficient (Wildman–Crippen LogP) is 1.66. The molecule has 0 fully saturated rings. The Morgan fingerprint density at radius 2 is 1.86 bits per heavy atom. The average molecular weight is 306 g/mol. The van der Waals surface area contributed by atoms with Crippen molar-refractivity contribution in [2.45, 2.75) is 13.3 Å². The summed E-state index contributed by atoms with van der Waals surface area (Å²) in [6.45, 7) is 6.79. The SMILES string of the molecule is C=CCOC(=O)NCCNC(=O)Cc1ccc(OCC)cc1. The molecule has 22 heavy (non-hydrogen) atoms. The maximum Gasteiger partial charge on any atom is 0.407 e. The number of hydrogen-bond donors (Lipinski definition) is 2. The van der Waals surface area contributed by atoms with Crippen LogP contribution in [0.3, 0.4) is 0 Å². The molecule has 0 atom stereocenters. The van der Waals surface area contributed by atoms with E-state index in [0.29, 0.717) is 19.7 Å². The number of amides is 2. The summed E-state index contributed by atoms with van der Waals surface area (Å²) >= 11 is 0. The molecule has 0 radical (unpaired) electrons. The molecular weight excluding hydrogens is 284 g/mol. The summed E-state index contributed by atoms with van der Waals surface area (Å²) in [6, 6.07) is 7.39. The van der Waals surface area contributed by atoms with Crippen molar-refractivity contribution in [3.63, 3.8) is 0 Å². The lowest BCUT2D eigenvalue weighted by atomic mass is 10.1. The zero-order valence-corrected chi connectivity index (χ0v) is 12.8. The first-order valence-electron chi connectivity index (χ1n) is 7.15. The summed E-state index contributed by atoms with van der Waals surface area (Å²) in [7, 11) is 0. The van der Waals surface area contributed by atoms with Crippen LogP contribution in [0.1, 0.15) is 12.5 Å². The second kappa shape index (κ2) is 10.3. The van der Waals surface area contributed by atoms with E-state index in [0.717, 1.165) is 11.3 Å². The van der Waals surface area contributed by atoms with Gasteiger partial charge in [-0.3, -0.25) is 4.79 Å². The number of hydrogen-bond acceptors (Lipinski definition) is 4. The molecule has 1 aromatic rings. The molecule has 0 aliphatic rings. The van der Waals surface area contributed by atoms with Crippen LogP contribution in [0.25, 0.3) is 0 Å². The molecule has 6 heteroatoms. The Hall–Kier alpha value is -2.50. The minimum Gasteiger partial charge on any atom is -0.494 e. The van der Waals surface area contributed by atoms with E-state index in [1.54, 1.807) is 0 Å². The number of rotatable bonds is 9. The fourth-order valence-electron chi connectivity index (χ4n) is 1.67. The quantitative estimate of drug-likeness (QED) is 0.537. The third-order valence-electron chi connectivity index (χ3n) is 2.65. The largest absolute Gasteiger partial charge is 0.494 e. The van der Waals surface area contributed by atoms with Gasteiger partial charge in [0.1, 0.15) is 12.4 Å². The van der Waals surface area contributed by atoms with Crippen LogP contribution in [0, 0.1) is 0 Å². The van der Waals surface area contributed by atoms with Gasteiger partial charge >= 0.3 is 6.09 Å². The molecule has 0 saturated heterocycles. The zero-order valence-electron chi connectivity index (χ0n) is 12.8. The lowest BCUT2D eigenvalue weighted by Crippen LogP contribution is -2.35. The third kappa shape index (κ3) is 7.33. The molecule has 0 bridgehead atoms. The van der Waals surface area contributed by atoms with Crippen LogP contribution in [0.5, 0.6) is 5.75 Å². The molecule has 0 aliphatic carbocycles. The van der Waals surface area contributed by atoms with Crippen LogP contribution in [-0.4, -0.2) is 38.3 Å². The molecular formula is C16H22N2O4. The number of benzene rings is 1. The zero-order chi connectivity index (χ0) is 16.2. The van der Waals surface area contributed by atoms with Gasteiger partial charge < -0.3 is 20.1 Å². The highest BCUT2D eigenvalue weighted by molar-refractivity contribution is 5.78. The normalized spacial score (nSPS) is 9.68. The highest BCUT2D eigenvalue weighted by Gasteiger charge is 2.04. The number of ether oxygens (including phenoxy) is 2. The summed E-state index contributed by atoms with van der Waals surface area (Å²) in [4.78, 5) is 22.9. The van der Waals surface area contributed by atoms with Gasteiger partial charge in [0, 0.05) is 13.1 Å². The fraction of sp³-hybridized carbons (Fsp3) is 0.375. The lowest BCUT2D eigenvalue weighted by molar-refractivity contribution is -0.120. The third-order valence-corrected chi connectivity index (χ3v) is 2.65. The first-order chi connectivity index (χ1) is 10.7. The minimum absolute atomic E-state index is 0.106. The smallest absolute Gasteiger partial charge is 0.407 e. The Bertz CT molecular complexity index is 485. The molecule has 0 spiro atoms. The van der Waals surface area contributed by atoms with E-state index < -0.39 is 6.09 Å². The van der Waals surface area contributed by atoms with Crippen LogP contribution >= 0.6 is 0 Å². The Balaban J connectivity index is 2.20. The highest BCUT2D eigenvalue weighted by atomic mass is 16.5. The van der Waals surface area contributed by atoms with Gasteiger partial charge in [-0.05, 0) is 24.6 Å². The van der Waals surface area contributed by atoms with Gasteiger partial charge in [0.2, 0.25) is 5.91 Å². The molecule has 0 unspecified atom stereocenters. The molecule has 2 N–H and O–H groups in total. The van der Waals surface area contributed by atoms with E-state index >= 15 is 0 Å². The Morgan fingerprint density at radius 1 is 1.18 bits per heavy atom. The van der Waals surface area contributed by atoms with Crippen LogP contribution < -0.4 is 15.4 Å². The number of carbonyl (C=O) groups excluding carboxylic acids is 2. The first-order valence-corrected chi connectivity index (χ1v) is 7.15. The van der Waals surface area contributed by atoms with E-state index in [2.05, 4.69) is 17.2 Å². The number of carbonyl (C=O) groups is 2. The van der Waals surface area contributed by atoms with Crippen molar-refractivity contribution in [2.75, 3.05) is 26.3 Å². The lowest BCUT2D eigenvalue weighted by Gasteiger charge is -2.08. The summed E-state index contributed by atoms with van der Waals surface area (Å²) in [5.74, 6) is 0.680. The van der Waals surface area contributed by atoms with Gasteiger partial charge in [-0.2, -0.15) is 0 Å². The summed E-state index contributed by atoms with van der Waals surface area (Å²) in [5, 5.41) is 5.24. The van der Waals surface area contributed by atoms with Crippen LogP contribution in [0.15, 0.2) is 36.9 Å². The van der Waals surface area contributed by atoms with Crippen LogP contribution in [-0.2, 0) is 16.0 Å². The van der Waals surface area contributed by atoms with Crippen molar-refractivity contribution in [1.82, 2.24) is 10.6 Å². The second-order valence-corrected chi connectivity index (χ2v) is 4.42. The first kappa shape index (κ1) is 17.6. The molecule has 6 nitrogen and oxygen atoms in total. The van der Waals surface area contributed by atoms with Gasteiger partial charge in [0.25, 0.3) is 0 Å². The standard InChI is InChI=1S/C16H22N2O4/c1-3-11-22-16(20)18-10-9-17-15(19)12-13-5-7-14(8-6-13)21-4-2/h3,5-8H,1,4,9-12H2,2H3,(H,17,19)(H,18,20). The van der Waals surface area contributed by atoms with E-state index in [9.17, 15) is 9.59 Å². The average Bonchev–Trinajstić information content (AvgIpc) is 2.52. The maximum atomic E-state index is 11.7. The van der Waals surface area contributed by atoms with E-state index in [1.807, 2.05) is 31.2 Å². The summed E-state index contributed by atoms with van der Waals surface area (Å²) < 4.78 is 10.1. The predicted molar refractivity (Wildman–Crippen MR) is 83.9 cm³/mol. The van der Waals surface area contributed by atoms with Gasteiger partial charge in [-0.1, -0.05) is 24.8 Å². The molecule has 1 rings (SSSR count). The van der Waals surface area contributed by atoms with Gasteiger partial charge in [0.15, 0.2) is 0 Å². The Kier molecular flexibility index (Phi) is 8.18. The van der Waals surface area contributed by atoms with E-state index in [-0.39, 0.29) is 18.9 Å². The van der Waals surface area contributed by atoms with Crippen molar-refractivity contribution >= 4 is 12.0 Å². The molecule has 1 aromatic carbocycles. The topological polar surface area (TPSA) is 76.7 Å². The van der Waals surface area contributed by atoms with Crippen LogP contribution in [0.2, 0.25) is 0 Å². The van der Waals surface area contributed by atoms with Crippen molar-refractivity contribution in [3.8, 4) is 5.75 Å². The molecule has 0 aromatic heterocycles. The van der Waals surface area contributed by atoms with E-state index in [1.165, 1.54) is 6.08 Å². The Morgan fingerprint density at radius 3 is 2.50 bits per heavy atom. The molecule has 120 valence electrons. The fourth-order valence-corrected chi connectivity index (χ4v) is 1.67.